The average Bonchev–Trinajstić information content (AvgIpc) is 3.17. The molecule has 0 bridgehead atoms. The van der Waals surface area contributed by atoms with E-state index in [1.165, 1.54) is 5.56 Å². The zero-order valence-corrected chi connectivity index (χ0v) is 18.4. The maximum absolute atomic E-state index is 12.8. The third kappa shape index (κ3) is 4.36. The van der Waals surface area contributed by atoms with Crippen molar-refractivity contribution < 1.29 is 14.3 Å². The summed E-state index contributed by atoms with van der Waals surface area (Å²) in [5.74, 6) is 2.62. The number of carbonyl (C=O) groups is 1. The molecule has 0 spiro atoms. The van der Waals surface area contributed by atoms with E-state index in [-0.39, 0.29) is 6.03 Å². The first-order valence-corrected chi connectivity index (χ1v) is 11.5. The van der Waals surface area contributed by atoms with E-state index in [2.05, 4.69) is 25.2 Å². The van der Waals surface area contributed by atoms with Gasteiger partial charge in [0.2, 0.25) is 0 Å². The van der Waals surface area contributed by atoms with Crippen molar-refractivity contribution in [1.82, 2.24) is 9.88 Å². The second kappa shape index (κ2) is 8.88. The molecule has 2 aliphatic rings. The van der Waals surface area contributed by atoms with Crippen LogP contribution in [0.15, 0.2) is 12.1 Å². The minimum absolute atomic E-state index is 0.0437. The van der Waals surface area contributed by atoms with E-state index >= 15 is 0 Å². The first-order chi connectivity index (χ1) is 14.1. The molecule has 1 aromatic heterocycles. The molecule has 2 amide bonds. The van der Waals surface area contributed by atoms with Crippen LogP contribution in [0.2, 0.25) is 0 Å². The molecule has 0 saturated carbocycles. The Morgan fingerprint density at radius 3 is 2.62 bits per heavy atom. The van der Waals surface area contributed by atoms with Gasteiger partial charge in [0.25, 0.3) is 0 Å². The molecule has 0 atom stereocenters. The van der Waals surface area contributed by atoms with E-state index in [1.807, 2.05) is 11.0 Å². The number of thiazole rings is 1. The number of hydrogen-bond donors (Lipinski definition) is 1. The number of nitrogens with zero attached hydrogens (tertiary/aromatic N) is 2. The highest BCUT2D eigenvalue weighted by Crippen LogP contribution is 2.40. The Kier molecular flexibility index (Phi) is 6.25. The average molecular weight is 418 g/mol. The fourth-order valence-corrected chi connectivity index (χ4v) is 5.55. The molecule has 7 heteroatoms. The Hall–Kier alpha value is -1.86. The number of ether oxygens (including phenoxy) is 2. The molecule has 0 radical (unpaired) electrons. The number of benzene rings is 1. The van der Waals surface area contributed by atoms with Gasteiger partial charge in [-0.2, -0.15) is 0 Å². The summed E-state index contributed by atoms with van der Waals surface area (Å²) in [4.78, 5) is 19.4. The molecule has 2 aromatic rings. The van der Waals surface area contributed by atoms with Crippen molar-refractivity contribution in [2.45, 2.75) is 45.4 Å². The van der Waals surface area contributed by atoms with Gasteiger partial charge in [-0.1, -0.05) is 31.3 Å². The summed E-state index contributed by atoms with van der Waals surface area (Å²) in [6.07, 6.45) is 4.19. The molecule has 1 aromatic carbocycles. The van der Waals surface area contributed by atoms with E-state index < -0.39 is 0 Å². The van der Waals surface area contributed by atoms with Crippen LogP contribution < -0.4 is 10.1 Å². The minimum Gasteiger partial charge on any atom is -0.494 e. The fourth-order valence-electron chi connectivity index (χ4n) is 4.49. The summed E-state index contributed by atoms with van der Waals surface area (Å²) in [5, 5.41) is 3.69. The Morgan fingerprint density at radius 2 is 1.97 bits per heavy atom. The summed E-state index contributed by atoms with van der Waals surface area (Å²) in [7, 11) is 1.67. The summed E-state index contributed by atoms with van der Waals surface area (Å²) < 4.78 is 12.2. The monoisotopic (exact) mass is 417 g/mol. The van der Waals surface area contributed by atoms with Gasteiger partial charge in [-0.25, -0.2) is 9.78 Å². The fraction of sp³-hybridized carbons (Fsp3) is 0.636. The molecule has 0 unspecified atom stereocenters. The van der Waals surface area contributed by atoms with Crippen molar-refractivity contribution in [3.63, 3.8) is 0 Å². The Balaban J connectivity index is 1.53. The number of likely N-dealkylation sites (tertiary alicyclic amines) is 1. The van der Waals surface area contributed by atoms with E-state index in [1.54, 1.807) is 18.4 Å². The van der Waals surface area contributed by atoms with Gasteiger partial charge in [-0.15, -0.1) is 0 Å². The standard InChI is InChI=1S/C22H31N3O3S/c1-14(2)15-6-10-25(11-7-15)22(26)24-21-23-19-18(27-3)5-4-17(20(19)29-21)16-8-12-28-13-9-16/h4-5,14-16H,6-13H2,1-3H3,(H,23,24,26). The lowest BCUT2D eigenvalue weighted by atomic mass is 9.87. The van der Waals surface area contributed by atoms with Crippen LogP contribution in [-0.4, -0.2) is 49.3 Å². The number of methoxy groups -OCH3 is 1. The highest BCUT2D eigenvalue weighted by molar-refractivity contribution is 7.22. The number of hydrogen-bond acceptors (Lipinski definition) is 5. The first kappa shape index (κ1) is 20.4. The van der Waals surface area contributed by atoms with Crippen LogP contribution in [0.4, 0.5) is 9.93 Å². The third-order valence-electron chi connectivity index (χ3n) is 6.40. The van der Waals surface area contributed by atoms with E-state index in [0.717, 1.165) is 68.0 Å². The molecule has 1 N–H and O–H groups in total. The molecule has 2 fully saturated rings. The first-order valence-electron chi connectivity index (χ1n) is 10.7. The third-order valence-corrected chi connectivity index (χ3v) is 7.42. The maximum Gasteiger partial charge on any atom is 0.323 e. The van der Waals surface area contributed by atoms with Crippen molar-refractivity contribution in [2.24, 2.45) is 11.8 Å². The number of nitrogens with one attached hydrogen (secondary N) is 1. The predicted molar refractivity (Wildman–Crippen MR) is 117 cm³/mol. The topological polar surface area (TPSA) is 63.7 Å². The van der Waals surface area contributed by atoms with Gasteiger partial charge in [-0.3, -0.25) is 5.32 Å². The van der Waals surface area contributed by atoms with Crippen molar-refractivity contribution in [3.05, 3.63) is 17.7 Å². The second-order valence-electron chi connectivity index (χ2n) is 8.44. The van der Waals surface area contributed by atoms with Gasteiger partial charge >= 0.3 is 6.03 Å². The van der Waals surface area contributed by atoms with Crippen molar-refractivity contribution in [1.29, 1.82) is 0 Å². The van der Waals surface area contributed by atoms with Crippen LogP contribution in [-0.2, 0) is 4.74 Å². The van der Waals surface area contributed by atoms with Crippen molar-refractivity contribution >= 4 is 32.7 Å². The Morgan fingerprint density at radius 1 is 1.24 bits per heavy atom. The molecule has 3 heterocycles. The zero-order chi connectivity index (χ0) is 20.4. The number of urea groups is 1. The van der Waals surface area contributed by atoms with E-state index in [9.17, 15) is 4.79 Å². The molecule has 2 saturated heterocycles. The van der Waals surface area contributed by atoms with Gasteiger partial charge in [-0.05, 0) is 55.1 Å². The van der Waals surface area contributed by atoms with Crippen molar-refractivity contribution in [2.75, 3.05) is 38.7 Å². The highest BCUT2D eigenvalue weighted by Gasteiger charge is 2.26. The number of rotatable bonds is 4. The van der Waals surface area contributed by atoms with E-state index in [0.29, 0.717) is 22.9 Å². The van der Waals surface area contributed by atoms with Gasteiger partial charge < -0.3 is 14.4 Å². The molecular weight excluding hydrogens is 386 g/mol. The zero-order valence-electron chi connectivity index (χ0n) is 17.6. The van der Waals surface area contributed by atoms with Crippen molar-refractivity contribution in [3.8, 4) is 5.75 Å². The Bertz CT molecular complexity index is 852. The molecule has 4 rings (SSSR count). The molecule has 29 heavy (non-hydrogen) atoms. The largest absolute Gasteiger partial charge is 0.494 e. The molecular formula is C22H31N3O3S. The normalized spacial score (nSPS) is 19.1. The summed E-state index contributed by atoms with van der Waals surface area (Å²) >= 11 is 1.55. The van der Waals surface area contributed by atoms with Crippen LogP contribution in [0.25, 0.3) is 10.2 Å². The van der Waals surface area contributed by atoms with Crippen LogP contribution in [0.1, 0.15) is 51.0 Å². The van der Waals surface area contributed by atoms with Gasteiger partial charge in [0.05, 0.1) is 11.8 Å². The van der Waals surface area contributed by atoms with Gasteiger partial charge in [0, 0.05) is 26.3 Å². The smallest absolute Gasteiger partial charge is 0.323 e. The summed E-state index contributed by atoms with van der Waals surface area (Å²) in [6.45, 7) is 7.77. The number of fused-ring (bicyclic) bond motifs is 1. The minimum atomic E-state index is -0.0437. The van der Waals surface area contributed by atoms with Crippen LogP contribution in [0.5, 0.6) is 5.75 Å². The number of piperidine rings is 1. The number of carbonyl (C=O) groups excluding carboxylic acids is 1. The lowest BCUT2D eigenvalue weighted by Crippen LogP contribution is -2.41. The van der Waals surface area contributed by atoms with E-state index in [4.69, 9.17) is 14.5 Å². The maximum atomic E-state index is 12.8. The number of anilines is 1. The molecule has 158 valence electrons. The Labute approximate surface area is 176 Å². The van der Waals surface area contributed by atoms with Gasteiger partial charge in [0.1, 0.15) is 11.3 Å². The molecule has 6 nitrogen and oxygen atoms in total. The lowest BCUT2D eigenvalue weighted by molar-refractivity contribution is 0.0856. The second-order valence-corrected chi connectivity index (χ2v) is 9.44. The van der Waals surface area contributed by atoms with Crippen LogP contribution >= 0.6 is 11.3 Å². The number of aromatic nitrogens is 1. The van der Waals surface area contributed by atoms with Gasteiger partial charge in [0.15, 0.2) is 5.13 Å². The predicted octanol–water partition coefficient (Wildman–Crippen LogP) is 5.10. The quantitative estimate of drug-likeness (QED) is 0.752. The molecule has 2 aliphatic heterocycles. The van der Waals surface area contributed by atoms with Crippen LogP contribution in [0.3, 0.4) is 0 Å². The summed E-state index contributed by atoms with van der Waals surface area (Å²) in [5.41, 5.74) is 2.13. The number of amides is 2. The lowest BCUT2D eigenvalue weighted by Gasteiger charge is -2.33. The summed E-state index contributed by atoms with van der Waals surface area (Å²) in [6, 6.07) is 4.10. The molecule has 0 aliphatic carbocycles. The SMILES string of the molecule is COc1ccc(C2CCOCC2)c2sc(NC(=O)N3CCC(C(C)C)CC3)nc12. The van der Waals surface area contributed by atoms with Crippen LogP contribution in [0, 0.1) is 11.8 Å². The highest BCUT2D eigenvalue weighted by atomic mass is 32.1.